The minimum absolute atomic E-state index is 0.448. The van der Waals surface area contributed by atoms with Gasteiger partial charge in [0.1, 0.15) is 24.7 Å². The summed E-state index contributed by atoms with van der Waals surface area (Å²) in [4.78, 5) is 0. The van der Waals surface area contributed by atoms with Crippen LogP contribution in [0.5, 0.6) is 11.5 Å². The average molecular weight is 623 g/mol. The van der Waals surface area contributed by atoms with Crippen molar-refractivity contribution in [3.8, 4) is 11.5 Å². The van der Waals surface area contributed by atoms with E-state index in [1.54, 1.807) is 0 Å². The van der Waals surface area contributed by atoms with E-state index in [0.717, 1.165) is 44.9 Å². The van der Waals surface area contributed by atoms with Crippen LogP contribution in [0.15, 0.2) is 158 Å². The van der Waals surface area contributed by atoms with Gasteiger partial charge in [-0.3, -0.25) is 0 Å². The van der Waals surface area contributed by atoms with E-state index in [2.05, 4.69) is 172 Å². The Labute approximate surface area is 283 Å². The van der Waals surface area contributed by atoms with E-state index in [-0.39, 0.29) is 0 Å². The smallest absolute Gasteiger partial charge is 0.127 e. The van der Waals surface area contributed by atoms with Crippen LogP contribution in [0.1, 0.15) is 47.2 Å². The Morgan fingerprint density at radius 1 is 0.438 bits per heavy atom. The second-order valence-electron chi connectivity index (χ2n) is 12.2. The molecule has 7 aromatic carbocycles. The van der Waals surface area contributed by atoms with Crippen LogP contribution in [-0.4, -0.2) is 0 Å². The maximum atomic E-state index is 6.74. The summed E-state index contributed by atoms with van der Waals surface area (Å²) in [6.45, 7) is 5.19. The summed E-state index contributed by atoms with van der Waals surface area (Å²) in [6.07, 6.45) is 4.41. The average Bonchev–Trinajstić information content (AvgIpc) is 3.14. The van der Waals surface area contributed by atoms with Crippen molar-refractivity contribution in [3.63, 3.8) is 0 Å². The topological polar surface area (TPSA) is 18.5 Å². The first-order valence-corrected chi connectivity index (χ1v) is 16.5. The van der Waals surface area contributed by atoms with E-state index in [1.165, 1.54) is 32.7 Å². The Morgan fingerprint density at radius 3 is 1.25 bits per heavy atom. The summed E-state index contributed by atoms with van der Waals surface area (Å²) in [5.41, 5.74) is 8.87. The van der Waals surface area contributed by atoms with Gasteiger partial charge in [-0.2, -0.15) is 0 Å². The van der Waals surface area contributed by atoms with Crippen LogP contribution in [0, 0.1) is 0 Å². The number of fused-ring (bicyclic) bond motifs is 2. The van der Waals surface area contributed by atoms with Crippen LogP contribution in [0.25, 0.3) is 44.8 Å². The quantitative estimate of drug-likeness (QED) is 0.141. The monoisotopic (exact) mass is 622 g/mol. The van der Waals surface area contributed by atoms with Gasteiger partial charge in [-0.05, 0) is 93.1 Å². The molecule has 0 bridgehead atoms. The number of benzene rings is 7. The molecule has 0 unspecified atom stereocenters. The molecule has 0 fully saturated rings. The first kappa shape index (κ1) is 30.8. The van der Waals surface area contributed by atoms with Gasteiger partial charge in [0.2, 0.25) is 0 Å². The second-order valence-corrected chi connectivity index (χ2v) is 12.2. The van der Waals surface area contributed by atoms with Crippen molar-refractivity contribution in [3.05, 3.63) is 191 Å². The zero-order chi connectivity index (χ0) is 32.7. The van der Waals surface area contributed by atoms with Gasteiger partial charge in [0.05, 0.1) is 0 Å². The minimum atomic E-state index is 0.448. The standard InChI is InChI=1S/C46H38O2/c1-33(35-15-5-3-6-16-35)27-41-29-46(48-32-40-24-14-22-38-20-10-12-26-44(38)40)42(28-34(2)36-17-7-4-8-18-36)30-45(41)47-31-39-23-13-21-37-19-9-11-25-43(37)39/h3-30H,31-32H2,1-2H3/b33-27-,34-28+. The highest BCUT2D eigenvalue weighted by molar-refractivity contribution is 5.88. The fourth-order valence-corrected chi connectivity index (χ4v) is 6.25. The van der Waals surface area contributed by atoms with Gasteiger partial charge >= 0.3 is 0 Å². The molecule has 7 aromatic rings. The summed E-state index contributed by atoms with van der Waals surface area (Å²) >= 11 is 0. The second kappa shape index (κ2) is 14.3. The van der Waals surface area contributed by atoms with Crippen LogP contribution < -0.4 is 9.47 Å². The lowest BCUT2D eigenvalue weighted by molar-refractivity contribution is 0.297. The molecule has 234 valence electrons. The maximum Gasteiger partial charge on any atom is 0.127 e. The Morgan fingerprint density at radius 2 is 0.812 bits per heavy atom. The van der Waals surface area contributed by atoms with Crippen LogP contribution >= 0.6 is 0 Å². The molecule has 0 N–H and O–H groups in total. The van der Waals surface area contributed by atoms with E-state index >= 15 is 0 Å². The molecule has 0 amide bonds. The molecule has 48 heavy (non-hydrogen) atoms. The third-order valence-electron chi connectivity index (χ3n) is 8.87. The van der Waals surface area contributed by atoms with E-state index in [1.807, 2.05) is 12.1 Å². The first-order chi connectivity index (χ1) is 23.6. The molecule has 7 rings (SSSR count). The highest BCUT2D eigenvalue weighted by Gasteiger charge is 2.14. The van der Waals surface area contributed by atoms with Crippen LogP contribution in [0.2, 0.25) is 0 Å². The molecule has 0 saturated heterocycles. The van der Waals surface area contributed by atoms with Crippen molar-refractivity contribution in [1.29, 1.82) is 0 Å². The predicted octanol–water partition coefficient (Wildman–Crippen LogP) is 12.3. The maximum absolute atomic E-state index is 6.74. The van der Waals surface area contributed by atoms with Crippen molar-refractivity contribution in [2.75, 3.05) is 0 Å². The van der Waals surface area contributed by atoms with E-state index < -0.39 is 0 Å². The molecule has 0 spiro atoms. The molecule has 0 aliphatic heterocycles. The lowest BCUT2D eigenvalue weighted by atomic mass is 9.99. The molecule has 0 atom stereocenters. The summed E-state index contributed by atoms with van der Waals surface area (Å²) in [5.74, 6) is 1.62. The van der Waals surface area contributed by atoms with Gasteiger partial charge in [0.25, 0.3) is 0 Å². The fourth-order valence-electron chi connectivity index (χ4n) is 6.25. The number of ether oxygens (including phenoxy) is 2. The number of hydrogen-bond acceptors (Lipinski definition) is 2. The lowest BCUT2D eigenvalue weighted by Gasteiger charge is -2.18. The Hall–Kier alpha value is -5.86. The summed E-state index contributed by atoms with van der Waals surface area (Å²) < 4.78 is 13.5. The van der Waals surface area contributed by atoms with E-state index in [9.17, 15) is 0 Å². The summed E-state index contributed by atoms with van der Waals surface area (Å²) in [7, 11) is 0. The van der Waals surface area contributed by atoms with Gasteiger partial charge < -0.3 is 9.47 Å². The third kappa shape index (κ3) is 6.94. The van der Waals surface area contributed by atoms with Crippen LogP contribution in [0.4, 0.5) is 0 Å². The van der Waals surface area contributed by atoms with Crippen molar-refractivity contribution >= 4 is 44.8 Å². The first-order valence-electron chi connectivity index (χ1n) is 16.5. The predicted molar refractivity (Wildman–Crippen MR) is 203 cm³/mol. The molecule has 0 aliphatic rings. The lowest BCUT2D eigenvalue weighted by Crippen LogP contribution is -2.02. The Balaban J connectivity index is 1.33. The van der Waals surface area contributed by atoms with Crippen LogP contribution in [-0.2, 0) is 13.2 Å². The largest absolute Gasteiger partial charge is 0.488 e. The van der Waals surface area contributed by atoms with Gasteiger partial charge in [0, 0.05) is 11.1 Å². The molecule has 0 aromatic heterocycles. The number of allylic oxidation sites excluding steroid dienone is 2. The molecule has 0 radical (unpaired) electrons. The van der Waals surface area contributed by atoms with Crippen molar-refractivity contribution in [2.45, 2.75) is 27.1 Å². The van der Waals surface area contributed by atoms with E-state index in [4.69, 9.17) is 9.47 Å². The van der Waals surface area contributed by atoms with Crippen LogP contribution in [0.3, 0.4) is 0 Å². The Kier molecular flexibility index (Phi) is 9.15. The molecule has 0 heterocycles. The van der Waals surface area contributed by atoms with Crippen molar-refractivity contribution in [1.82, 2.24) is 0 Å². The van der Waals surface area contributed by atoms with Gasteiger partial charge in [0.15, 0.2) is 0 Å². The molecule has 0 saturated carbocycles. The van der Waals surface area contributed by atoms with Gasteiger partial charge in [-0.1, -0.05) is 146 Å². The van der Waals surface area contributed by atoms with Crippen molar-refractivity contribution < 1.29 is 9.47 Å². The minimum Gasteiger partial charge on any atom is -0.488 e. The van der Waals surface area contributed by atoms with Gasteiger partial charge in [-0.15, -0.1) is 0 Å². The van der Waals surface area contributed by atoms with Gasteiger partial charge in [-0.25, -0.2) is 0 Å². The highest BCUT2D eigenvalue weighted by atomic mass is 16.5. The molecular weight excluding hydrogens is 585 g/mol. The molecular formula is C46H38O2. The normalized spacial score (nSPS) is 12.0. The SMILES string of the molecule is C/C(=C/c1cc(OCc2cccc3ccccc23)c(/C=C(\C)c2ccccc2)cc1OCc1cccc2ccccc12)c1ccccc1. The van der Waals surface area contributed by atoms with Crippen molar-refractivity contribution in [2.24, 2.45) is 0 Å². The zero-order valence-corrected chi connectivity index (χ0v) is 27.4. The summed E-state index contributed by atoms with van der Waals surface area (Å²) in [5, 5.41) is 4.82. The summed E-state index contributed by atoms with van der Waals surface area (Å²) in [6, 6.07) is 54.9. The fraction of sp³-hybridized carbons (Fsp3) is 0.0870. The van der Waals surface area contributed by atoms with E-state index in [0.29, 0.717) is 13.2 Å². The zero-order valence-electron chi connectivity index (χ0n) is 27.4. The molecule has 2 heteroatoms. The number of hydrogen-bond donors (Lipinski definition) is 0. The molecule has 0 aliphatic carbocycles. The number of rotatable bonds is 10. The molecule has 2 nitrogen and oxygen atoms in total. The third-order valence-corrected chi connectivity index (χ3v) is 8.87. The highest BCUT2D eigenvalue weighted by Crippen LogP contribution is 2.36. The Bertz CT molecular complexity index is 2070.